The molecule has 0 saturated heterocycles. The van der Waals surface area contributed by atoms with E-state index in [2.05, 4.69) is 10.3 Å². The predicted molar refractivity (Wildman–Crippen MR) is 89.5 cm³/mol. The molecule has 0 atom stereocenters. The van der Waals surface area contributed by atoms with Gasteiger partial charge in [0.2, 0.25) is 0 Å². The molecule has 6 nitrogen and oxygen atoms in total. The molecule has 4 rings (SSSR count). The van der Waals surface area contributed by atoms with Crippen LogP contribution in [0.1, 0.15) is 53.3 Å². The second-order valence-electron chi connectivity index (χ2n) is 6.43. The van der Waals surface area contributed by atoms with Crippen LogP contribution in [0.3, 0.4) is 0 Å². The van der Waals surface area contributed by atoms with E-state index in [1.807, 2.05) is 0 Å². The number of carbonyl (C=O) groups is 1. The molecule has 6 heteroatoms. The van der Waals surface area contributed by atoms with Crippen LogP contribution in [0, 0.1) is 0 Å². The summed E-state index contributed by atoms with van der Waals surface area (Å²) in [7, 11) is 0. The number of rotatable bonds is 3. The van der Waals surface area contributed by atoms with Crippen LogP contribution < -0.4 is 10.9 Å². The number of carbonyl (C=O) groups excluding carboxylic acids is 1. The fourth-order valence-electron chi connectivity index (χ4n) is 3.44. The van der Waals surface area contributed by atoms with Gasteiger partial charge in [0.25, 0.3) is 11.5 Å². The van der Waals surface area contributed by atoms with E-state index in [-0.39, 0.29) is 22.9 Å². The topological polar surface area (TPSA) is 84.2 Å². The summed E-state index contributed by atoms with van der Waals surface area (Å²) in [6.07, 6.45) is 6.94. The molecule has 2 heterocycles. The fraction of sp³-hybridized carbons (Fsp3) is 0.389. The third-order valence-corrected chi connectivity index (χ3v) is 4.73. The number of aromatic nitrogens is 2. The summed E-state index contributed by atoms with van der Waals surface area (Å²) < 4.78 is 1.75. The van der Waals surface area contributed by atoms with Gasteiger partial charge in [0.05, 0.1) is 0 Å². The summed E-state index contributed by atoms with van der Waals surface area (Å²) in [6.45, 7) is 0. The Morgan fingerprint density at radius 1 is 1.25 bits per heavy atom. The fourth-order valence-corrected chi connectivity index (χ4v) is 3.44. The van der Waals surface area contributed by atoms with Crippen LogP contribution in [0.15, 0.2) is 29.2 Å². The Morgan fingerprint density at radius 2 is 2.04 bits per heavy atom. The number of fused-ring (bicyclic) bond motifs is 1. The molecule has 124 valence electrons. The van der Waals surface area contributed by atoms with Gasteiger partial charge in [-0.2, -0.15) is 0 Å². The molecule has 24 heavy (non-hydrogen) atoms. The number of amides is 1. The molecule has 2 N–H and O–H groups in total. The molecule has 0 radical (unpaired) electrons. The van der Waals surface area contributed by atoms with Gasteiger partial charge in [-0.1, -0.05) is 6.07 Å². The van der Waals surface area contributed by atoms with Gasteiger partial charge in [0.1, 0.15) is 17.1 Å². The standard InChI is InChI=1S/C18H19N3O3/c22-16-12-5-1-2-6-13(12)21(11-8-9-11)18(24)15(16)17(23)20-14-7-3-4-10-19-14/h3-4,7,10-11,22H,1-2,5-6,8-9H2,(H,19,20,23). The molecule has 2 aliphatic carbocycles. The zero-order valence-electron chi connectivity index (χ0n) is 13.3. The highest BCUT2D eigenvalue weighted by molar-refractivity contribution is 6.05. The van der Waals surface area contributed by atoms with Crippen molar-refractivity contribution in [2.24, 2.45) is 0 Å². The quantitative estimate of drug-likeness (QED) is 0.907. The van der Waals surface area contributed by atoms with E-state index < -0.39 is 5.91 Å². The molecule has 2 aromatic rings. The zero-order chi connectivity index (χ0) is 16.7. The number of nitrogens with one attached hydrogen (secondary N) is 1. The number of pyridine rings is 2. The van der Waals surface area contributed by atoms with E-state index in [4.69, 9.17) is 0 Å². The molecule has 0 bridgehead atoms. The van der Waals surface area contributed by atoms with Gasteiger partial charge < -0.3 is 15.0 Å². The summed E-state index contributed by atoms with van der Waals surface area (Å²) in [4.78, 5) is 29.5. The molecule has 2 aromatic heterocycles. The van der Waals surface area contributed by atoms with Crippen molar-refractivity contribution >= 4 is 11.7 Å². The Balaban J connectivity index is 1.81. The van der Waals surface area contributed by atoms with E-state index in [0.29, 0.717) is 12.2 Å². The monoisotopic (exact) mass is 325 g/mol. The van der Waals surface area contributed by atoms with Gasteiger partial charge in [-0.3, -0.25) is 9.59 Å². The van der Waals surface area contributed by atoms with Crippen molar-refractivity contribution in [3.05, 3.63) is 51.6 Å². The lowest BCUT2D eigenvalue weighted by atomic mass is 9.93. The first-order valence-electron chi connectivity index (χ1n) is 8.38. The largest absolute Gasteiger partial charge is 0.507 e. The maximum Gasteiger partial charge on any atom is 0.267 e. The lowest BCUT2D eigenvalue weighted by molar-refractivity contribution is 0.102. The normalized spacial score (nSPS) is 16.5. The first-order valence-corrected chi connectivity index (χ1v) is 8.38. The van der Waals surface area contributed by atoms with Crippen LogP contribution in [-0.4, -0.2) is 20.6 Å². The van der Waals surface area contributed by atoms with Crippen molar-refractivity contribution in [2.75, 3.05) is 5.32 Å². The minimum Gasteiger partial charge on any atom is -0.507 e. The lowest BCUT2D eigenvalue weighted by Crippen LogP contribution is -2.33. The molecule has 1 fully saturated rings. The highest BCUT2D eigenvalue weighted by Crippen LogP contribution is 2.39. The van der Waals surface area contributed by atoms with Crippen LogP contribution in [0.25, 0.3) is 0 Å². The summed E-state index contributed by atoms with van der Waals surface area (Å²) >= 11 is 0. The van der Waals surface area contributed by atoms with Gasteiger partial charge >= 0.3 is 0 Å². The molecule has 2 aliphatic rings. The van der Waals surface area contributed by atoms with Crippen molar-refractivity contribution in [1.82, 2.24) is 9.55 Å². The molecular weight excluding hydrogens is 306 g/mol. The summed E-state index contributed by atoms with van der Waals surface area (Å²) in [6, 6.07) is 5.31. The van der Waals surface area contributed by atoms with E-state index >= 15 is 0 Å². The Hall–Kier alpha value is -2.63. The Labute approximate surface area is 139 Å². The summed E-state index contributed by atoms with van der Waals surface area (Å²) in [5.74, 6) is -0.393. The molecule has 1 saturated carbocycles. The highest BCUT2D eigenvalue weighted by atomic mass is 16.3. The van der Waals surface area contributed by atoms with E-state index in [9.17, 15) is 14.7 Å². The van der Waals surface area contributed by atoms with Crippen molar-refractivity contribution in [1.29, 1.82) is 0 Å². The van der Waals surface area contributed by atoms with Crippen molar-refractivity contribution in [3.8, 4) is 5.75 Å². The first-order chi connectivity index (χ1) is 11.7. The number of hydrogen-bond donors (Lipinski definition) is 2. The molecule has 0 aliphatic heterocycles. The van der Waals surface area contributed by atoms with Crippen molar-refractivity contribution in [3.63, 3.8) is 0 Å². The zero-order valence-corrected chi connectivity index (χ0v) is 13.3. The molecule has 0 unspecified atom stereocenters. The van der Waals surface area contributed by atoms with Crippen LogP contribution in [-0.2, 0) is 12.8 Å². The lowest BCUT2D eigenvalue weighted by Gasteiger charge is -2.23. The van der Waals surface area contributed by atoms with Crippen LogP contribution in [0.4, 0.5) is 5.82 Å². The molecule has 0 spiro atoms. The minimum atomic E-state index is -0.598. The minimum absolute atomic E-state index is 0.153. The van der Waals surface area contributed by atoms with Crippen LogP contribution in [0.5, 0.6) is 5.75 Å². The predicted octanol–water partition coefficient (Wildman–Crippen LogP) is 2.41. The van der Waals surface area contributed by atoms with Crippen LogP contribution >= 0.6 is 0 Å². The van der Waals surface area contributed by atoms with E-state index in [1.165, 1.54) is 0 Å². The second-order valence-corrected chi connectivity index (χ2v) is 6.43. The van der Waals surface area contributed by atoms with Crippen molar-refractivity contribution < 1.29 is 9.90 Å². The van der Waals surface area contributed by atoms with Gasteiger partial charge in [-0.15, -0.1) is 0 Å². The summed E-state index contributed by atoms with van der Waals surface area (Å²) in [5, 5.41) is 13.2. The average molecular weight is 325 g/mol. The Kier molecular flexibility index (Phi) is 3.59. The average Bonchev–Trinajstić information content (AvgIpc) is 3.41. The smallest absolute Gasteiger partial charge is 0.267 e. The van der Waals surface area contributed by atoms with Crippen LogP contribution in [0.2, 0.25) is 0 Å². The highest BCUT2D eigenvalue weighted by Gasteiger charge is 2.34. The molecule has 1 amide bonds. The van der Waals surface area contributed by atoms with E-state index in [1.54, 1.807) is 29.0 Å². The van der Waals surface area contributed by atoms with Gasteiger partial charge in [0.15, 0.2) is 0 Å². The molecule has 0 aromatic carbocycles. The molecular formula is C18H19N3O3. The Morgan fingerprint density at radius 3 is 2.75 bits per heavy atom. The third-order valence-electron chi connectivity index (χ3n) is 4.73. The number of nitrogens with zero attached hydrogens (tertiary/aromatic N) is 2. The SMILES string of the molecule is O=C(Nc1ccccn1)c1c(O)c2c(n(C3CC3)c1=O)CCCC2. The van der Waals surface area contributed by atoms with E-state index in [0.717, 1.165) is 43.4 Å². The van der Waals surface area contributed by atoms with Gasteiger partial charge in [0, 0.05) is 23.5 Å². The van der Waals surface area contributed by atoms with Gasteiger partial charge in [-0.05, 0) is 50.7 Å². The first kappa shape index (κ1) is 14.9. The number of hydrogen-bond acceptors (Lipinski definition) is 4. The maximum absolute atomic E-state index is 12.9. The third kappa shape index (κ3) is 2.48. The van der Waals surface area contributed by atoms with Crippen molar-refractivity contribution in [2.45, 2.75) is 44.6 Å². The summed E-state index contributed by atoms with van der Waals surface area (Å²) in [5.41, 5.74) is 1.14. The second kappa shape index (κ2) is 5.78. The number of anilines is 1. The number of aromatic hydroxyl groups is 1. The Bertz CT molecular complexity index is 854. The van der Waals surface area contributed by atoms with Gasteiger partial charge in [-0.25, -0.2) is 4.98 Å². The maximum atomic E-state index is 12.9.